The summed E-state index contributed by atoms with van der Waals surface area (Å²) in [7, 11) is 0. The first-order valence-corrected chi connectivity index (χ1v) is 8.08. The van der Waals surface area contributed by atoms with Crippen molar-refractivity contribution in [3.8, 4) is 6.07 Å². The number of aryl methyl sites for hydroxylation is 1. The van der Waals surface area contributed by atoms with Crippen LogP contribution in [-0.2, 0) is 4.79 Å². The molecule has 3 nitrogen and oxygen atoms in total. The average molecular weight is 323 g/mol. The Balaban J connectivity index is 2.04. The zero-order valence-corrected chi connectivity index (χ0v) is 13.1. The van der Waals surface area contributed by atoms with Gasteiger partial charge < -0.3 is 0 Å². The summed E-state index contributed by atoms with van der Waals surface area (Å²) in [4.78, 5) is 17.2. The summed E-state index contributed by atoms with van der Waals surface area (Å²) in [6.07, 6.45) is 0. The molecule has 0 spiro atoms. The lowest BCUT2D eigenvalue weighted by Crippen LogP contribution is -2.13. The van der Waals surface area contributed by atoms with Crippen molar-refractivity contribution in [3.63, 3.8) is 0 Å². The Hall–Kier alpha value is -1.35. The number of halogens is 1. The van der Waals surface area contributed by atoms with Crippen LogP contribution in [0.25, 0.3) is 0 Å². The van der Waals surface area contributed by atoms with Crippen LogP contribution >= 0.6 is 34.7 Å². The molecule has 2 rings (SSSR count). The molecule has 0 aliphatic heterocycles. The number of thiazole rings is 1. The minimum absolute atomic E-state index is 0.147. The molecule has 1 heterocycles. The molecule has 0 bridgehead atoms. The highest BCUT2D eigenvalue weighted by atomic mass is 35.5. The molecular formula is C14H11ClN2OS2. The van der Waals surface area contributed by atoms with Gasteiger partial charge in [0, 0.05) is 16.0 Å². The molecule has 102 valence electrons. The van der Waals surface area contributed by atoms with Crippen LogP contribution in [0.4, 0.5) is 0 Å². The first-order valence-electron chi connectivity index (χ1n) is 5.83. The Kier molecular flexibility index (Phi) is 5.18. The maximum Gasteiger partial charge on any atom is 0.167 e. The van der Waals surface area contributed by atoms with E-state index < -0.39 is 5.92 Å². The Bertz CT molecular complexity index is 663. The number of hydrogen-bond donors (Lipinski definition) is 0. The van der Waals surface area contributed by atoms with E-state index in [9.17, 15) is 10.1 Å². The van der Waals surface area contributed by atoms with E-state index in [4.69, 9.17) is 11.6 Å². The standard InChI is InChI=1S/C14H11ClN2OS2/c1-9-7-20-14(17-9)10(6-16)12(18)8-19-13-5-3-2-4-11(13)15/h2-5,7,10H,8H2,1H3/t10-/m1/s1. The minimum Gasteiger partial charge on any atom is -0.297 e. The number of Topliss-reactive ketones (excluding diaryl/α,β-unsaturated/α-hetero) is 1. The van der Waals surface area contributed by atoms with Gasteiger partial charge in [0.15, 0.2) is 11.7 Å². The molecule has 0 unspecified atom stereocenters. The predicted molar refractivity (Wildman–Crippen MR) is 82.4 cm³/mol. The van der Waals surface area contributed by atoms with Crippen LogP contribution in [0.1, 0.15) is 16.6 Å². The highest BCUT2D eigenvalue weighted by molar-refractivity contribution is 8.00. The van der Waals surface area contributed by atoms with Gasteiger partial charge in [-0.25, -0.2) is 4.98 Å². The van der Waals surface area contributed by atoms with Crippen molar-refractivity contribution in [3.05, 3.63) is 45.4 Å². The molecule has 0 aliphatic rings. The lowest BCUT2D eigenvalue weighted by Gasteiger charge is -2.06. The van der Waals surface area contributed by atoms with Crippen LogP contribution < -0.4 is 0 Å². The molecule has 2 aromatic rings. The molecule has 20 heavy (non-hydrogen) atoms. The molecule has 1 atom stereocenters. The summed E-state index contributed by atoms with van der Waals surface area (Å²) in [5.41, 5.74) is 0.830. The number of benzene rings is 1. The molecule has 1 aromatic carbocycles. The Labute approximate surface area is 130 Å². The van der Waals surface area contributed by atoms with E-state index in [0.29, 0.717) is 10.0 Å². The Morgan fingerprint density at radius 3 is 2.90 bits per heavy atom. The van der Waals surface area contributed by atoms with Gasteiger partial charge in [-0.15, -0.1) is 23.1 Å². The molecule has 6 heteroatoms. The lowest BCUT2D eigenvalue weighted by molar-refractivity contribution is -0.116. The summed E-state index contributed by atoms with van der Waals surface area (Å²) in [5, 5.41) is 12.2. The normalized spacial score (nSPS) is 11.8. The number of rotatable bonds is 5. The molecule has 0 aliphatic carbocycles. The van der Waals surface area contributed by atoms with Crippen molar-refractivity contribution >= 4 is 40.5 Å². The van der Waals surface area contributed by atoms with Crippen molar-refractivity contribution in [2.75, 3.05) is 5.75 Å². The highest BCUT2D eigenvalue weighted by Gasteiger charge is 2.23. The number of thioether (sulfide) groups is 1. The Morgan fingerprint density at radius 2 is 2.30 bits per heavy atom. The molecule has 0 fully saturated rings. The van der Waals surface area contributed by atoms with E-state index in [2.05, 4.69) is 4.98 Å². The van der Waals surface area contributed by atoms with Gasteiger partial charge in [-0.2, -0.15) is 5.26 Å². The van der Waals surface area contributed by atoms with Crippen molar-refractivity contribution in [2.45, 2.75) is 17.7 Å². The van der Waals surface area contributed by atoms with Gasteiger partial charge in [-0.05, 0) is 19.1 Å². The average Bonchev–Trinajstić information content (AvgIpc) is 2.85. The minimum atomic E-state index is -0.788. The van der Waals surface area contributed by atoms with Gasteiger partial charge in [0.25, 0.3) is 0 Å². The predicted octanol–water partition coefficient (Wildman–Crippen LogP) is 4.07. The molecule has 1 aromatic heterocycles. The topological polar surface area (TPSA) is 53.8 Å². The number of hydrogen-bond acceptors (Lipinski definition) is 5. The third-order valence-electron chi connectivity index (χ3n) is 2.54. The van der Waals surface area contributed by atoms with Crippen LogP contribution in [0.2, 0.25) is 5.02 Å². The summed E-state index contributed by atoms with van der Waals surface area (Å²) < 4.78 is 0. The first kappa shape index (κ1) is 15.0. The van der Waals surface area contributed by atoms with Crippen molar-refractivity contribution in [2.24, 2.45) is 0 Å². The third kappa shape index (κ3) is 3.60. The summed E-state index contributed by atoms with van der Waals surface area (Å²) >= 11 is 8.72. The summed E-state index contributed by atoms with van der Waals surface area (Å²) in [5.74, 6) is -0.726. The monoisotopic (exact) mass is 322 g/mol. The number of nitrogens with zero attached hydrogens (tertiary/aromatic N) is 2. The maximum atomic E-state index is 12.1. The number of ketones is 1. The van der Waals surface area contributed by atoms with Gasteiger partial charge in [0.2, 0.25) is 0 Å². The first-order chi connectivity index (χ1) is 9.61. The second kappa shape index (κ2) is 6.89. The largest absolute Gasteiger partial charge is 0.297 e. The van der Waals surface area contributed by atoms with Gasteiger partial charge in [-0.3, -0.25) is 4.79 Å². The third-order valence-corrected chi connectivity index (χ3v) is 5.11. The van der Waals surface area contributed by atoms with Crippen LogP contribution in [-0.4, -0.2) is 16.5 Å². The Morgan fingerprint density at radius 1 is 1.55 bits per heavy atom. The van der Waals surface area contributed by atoms with Gasteiger partial charge in [0.05, 0.1) is 16.8 Å². The van der Waals surface area contributed by atoms with Crippen molar-refractivity contribution in [1.82, 2.24) is 4.98 Å². The number of carbonyl (C=O) groups excluding carboxylic acids is 1. The molecular weight excluding hydrogens is 312 g/mol. The van der Waals surface area contributed by atoms with Crippen LogP contribution in [0, 0.1) is 18.3 Å². The maximum absolute atomic E-state index is 12.1. The molecule has 0 N–H and O–H groups in total. The van der Waals surface area contributed by atoms with E-state index in [0.717, 1.165) is 10.6 Å². The van der Waals surface area contributed by atoms with Crippen LogP contribution in [0.5, 0.6) is 0 Å². The highest BCUT2D eigenvalue weighted by Crippen LogP contribution is 2.29. The van der Waals surface area contributed by atoms with Crippen molar-refractivity contribution < 1.29 is 4.79 Å². The fourth-order valence-corrected chi connectivity index (χ4v) is 3.57. The number of carbonyl (C=O) groups is 1. The van der Waals surface area contributed by atoms with Crippen LogP contribution in [0.3, 0.4) is 0 Å². The number of nitriles is 1. The van der Waals surface area contributed by atoms with Gasteiger partial charge in [0.1, 0.15) is 5.01 Å². The lowest BCUT2D eigenvalue weighted by atomic mass is 10.1. The zero-order valence-electron chi connectivity index (χ0n) is 10.7. The van der Waals surface area contributed by atoms with E-state index in [1.54, 1.807) is 6.07 Å². The smallest absolute Gasteiger partial charge is 0.167 e. The summed E-state index contributed by atoms with van der Waals surface area (Å²) in [6, 6.07) is 9.37. The number of aromatic nitrogens is 1. The quantitative estimate of drug-likeness (QED) is 0.778. The summed E-state index contributed by atoms with van der Waals surface area (Å²) in [6.45, 7) is 1.84. The fourth-order valence-electron chi connectivity index (χ4n) is 1.56. The van der Waals surface area contributed by atoms with Gasteiger partial charge >= 0.3 is 0 Å². The van der Waals surface area contributed by atoms with Crippen molar-refractivity contribution in [1.29, 1.82) is 5.26 Å². The second-order valence-electron chi connectivity index (χ2n) is 4.07. The second-order valence-corrected chi connectivity index (χ2v) is 6.39. The van der Waals surface area contributed by atoms with E-state index in [1.807, 2.05) is 36.6 Å². The van der Waals surface area contributed by atoms with Crippen LogP contribution in [0.15, 0.2) is 34.5 Å². The molecule has 0 saturated heterocycles. The van der Waals surface area contributed by atoms with Gasteiger partial charge in [-0.1, -0.05) is 23.7 Å². The molecule has 0 amide bonds. The van der Waals surface area contributed by atoms with E-state index in [1.165, 1.54) is 23.1 Å². The zero-order chi connectivity index (χ0) is 14.5. The van der Waals surface area contributed by atoms with E-state index >= 15 is 0 Å². The SMILES string of the molecule is Cc1csc([C@H](C#N)C(=O)CSc2ccccc2Cl)n1. The fraction of sp³-hybridized carbons (Fsp3) is 0.214. The molecule has 0 radical (unpaired) electrons. The van der Waals surface area contributed by atoms with E-state index in [-0.39, 0.29) is 11.5 Å². The molecule has 0 saturated carbocycles.